The lowest BCUT2D eigenvalue weighted by Crippen LogP contribution is -2.33. The maximum absolute atomic E-state index is 11.0. The van der Waals surface area contributed by atoms with Gasteiger partial charge in [0, 0.05) is 27.6 Å². The Bertz CT molecular complexity index is 936. The number of benzene rings is 2. The van der Waals surface area contributed by atoms with Crippen molar-refractivity contribution in [2.75, 3.05) is 19.6 Å². The second-order valence-electron chi connectivity index (χ2n) is 6.59. The zero-order chi connectivity index (χ0) is 17.6. The number of β-amino-alcohol motifs (C(OH)–C–C–N with tert-alkyl or cyclic N) is 1. The Labute approximate surface area is 174 Å². The number of thiophene rings is 1. The average molecular weight is 506 g/mol. The van der Waals surface area contributed by atoms with Crippen molar-refractivity contribution < 1.29 is 5.11 Å². The van der Waals surface area contributed by atoms with E-state index in [9.17, 15) is 5.11 Å². The highest BCUT2D eigenvalue weighted by molar-refractivity contribution is 14.1. The van der Waals surface area contributed by atoms with Gasteiger partial charge in [0.25, 0.3) is 0 Å². The molecule has 132 valence electrons. The molecule has 1 aromatic heterocycles. The SMILES string of the molecule is OC(CN1CCCCC1)c1cc2c(Cl)c(I)c(Cl)cc2c2ccsc12. The standard InChI is InChI=1S/C19H18Cl2INOS/c20-15-9-12-11-4-7-25-19(11)14(8-13(12)17(21)18(15)22)16(24)10-23-5-2-1-3-6-23/h4,7-9,16,24H,1-3,5-6,10H2. The fourth-order valence-corrected chi connectivity index (χ4v) is 5.60. The van der Waals surface area contributed by atoms with Gasteiger partial charge in [-0.2, -0.15) is 0 Å². The summed E-state index contributed by atoms with van der Waals surface area (Å²) in [6, 6.07) is 6.14. The zero-order valence-electron chi connectivity index (χ0n) is 13.6. The summed E-state index contributed by atoms with van der Waals surface area (Å²) in [4.78, 5) is 2.37. The zero-order valence-corrected chi connectivity index (χ0v) is 18.1. The predicted octanol–water partition coefficient (Wildman–Crippen LogP) is 6.49. The Balaban J connectivity index is 1.83. The van der Waals surface area contributed by atoms with E-state index in [0.29, 0.717) is 16.6 Å². The number of aliphatic hydroxyl groups excluding tert-OH is 1. The lowest BCUT2D eigenvalue weighted by molar-refractivity contribution is 0.103. The van der Waals surface area contributed by atoms with Crippen molar-refractivity contribution in [1.29, 1.82) is 0 Å². The minimum atomic E-state index is -0.506. The molecule has 3 aromatic rings. The number of nitrogens with zero attached hydrogens (tertiary/aromatic N) is 1. The molecule has 0 spiro atoms. The van der Waals surface area contributed by atoms with Crippen LogP contribution in [0.1, 0.15) is 30.9 Å². The maximum Gasteiger partial charge on any atom is 0.0930 e. The van der Waals surface area contributed by atoms with Crippen LogP contribution < -0.4 is 0 Å². The van der Waals surface area contributed by atoms with Crippen LogP contribution in [0, 0.1) is 3.57 Å². The molecule has 0 bridgehead atoms. The smallest absolute Gasteiger partial charge is 0.0930 e. The molecule has 6 heteroatoms. The molecule has 4 rings (SSSR count). The normalized spacial score (nSPS) is 17.4. The molecule has 1 fully saturated rings. The molecule has 1 unspecified atom stereocenters. The molecule has 1 aliphatic heterocycles. The lowest BCUT2D eigenvalue weighted by Gasteiger charge is -2.29. The van der Waals surface area contributed by atoms with E-state index in [0.717, 1.165) is 43.1 Å². The summed E-state index contributed by atoms with van der Waals surface area (Å²) in [7, 11) is 0. The molecule has 25 heavy (non-hydrogen) atoms. The minimum Gasteiger partial charge on any atom is -0.387 e. The number of piperidine rings is 1. The van der Waals surface area contributed by atoms with E-state index in [1.807, 2.05) is 6.07 Å². The van der Waals surface area contributed by atoms with E-state index < -0.39 is 6.10 Å². The second-order valence-corrected chi connectivity index (χ2v) is 9.37. The van der Waals surface area contributed by atoms with Gasteiger partial charge in [0.05, 0.1) is 19.7 Å². The Morgan fingerprint density at radius 2 is 1.88 bits per heavy atom. The summed E-state index contributed by atoms with van der Waals surface area (Å²) < 4.78 is 1.99. The molecule has 2 nitrogen and oxygen atoms in total. The fraction of sp³-hybridized carbons (Fsp3) is 0.368. The van der Waals surface area contributed by atoms with Gasteiger partial charge >= 0.3 is 0 Å². The van der Waals surface area contributed by atoms with Crippen molar-refractivity contribution >= 4 is 78.0 Å². The van der Waals surface area contributed by atoms with Gasteiger partial charge in [-0.1, -0.05) is 29.6 Å². The highest BCUT2D eigenvalue weighted by atomic mass is 127. The van der Waals surface area contributed by atoms with E-state index in [4.69, 9.17) is 23.2 Å². The van der Waals surface area contributed by atoms with Crippen LogP contribution in [0.15, 0.2) is 23.6 Å². The maximum atomic E-state index is 11.0. The largest absolute Gasteiger partial charge is 0.387 e. The summed E-state index contributed by atoms with van der Waals surface area (Å²) in [5.41, 5.74) is 0.975. The number of rotatable bonds is 3. The van der Waals surface area contributed by atoms with E-state index in [-0.39, 0.29) is 0 Å². The number of fused-ring (bicyclic) bond motifs is 3. The first kappa shape index (κ1) is 18.3. The van der Waals surface area contributed by atoms with Crippen molar-refractivity contribution in [3.05, 3.63) is 42.8 Å². The number of hydrogen-bond acceptors (Lipinski definition) is 3. The fourth-order valence-electron chi connectivity index (χ4n) is 3.67. The van der Waals surface area contributed by atoms with Crippen LogP contribution in [0.2, 0.25) is 10.0 Å². The number of likely N-dealkylation sites (tertiary alicyclic amines) is 1. The average Bonchev–Trinajstić information content (AvgIpc) is 3.10. The molecule has 0 aliphatic carbocycles. The van der Waals surface area contributed by atoms with Gasteiger partial charge in [-0.05, 0) is 77.5 Å². The van der Waals surface area contributed by atoms with E-state index >= 15 is 0 Å². The summed E-state index contributed by atoms with van der Waals surface area (Å²) in [5.74, 6) is 0. The summed E-state index contributed by atoms with van der Waals surface area (Å²) in [6.07, 6.45) is 3.24. The molecule has 0 saturated carbocycles. The molecular weight excluding hydrogens is 488 g/mol. The van der Waals surface area contributed by atoms with Gasteiger partial charge in [-0.3, -0.25) is 0 Å². The van der Waals surface area contributed by atoms with Crippen molar-refractivity contribution in [2.45, 2.75) is 25.4 Å². The van der Waals surface area contributed by atoms with Crippen molar-refractivity contribution in [3.8, 4) is 0 Å². The minimum absolute atomic E-state index is 0.506. The Hall–Kier alpha value is -0.110. The molecule has 1 N–H and O–H groups in total. The third-order valence-electron chi connectivity index (χ3n) is 4.96. The van der Waals surface area contributed by atoms with E-state index in [2.05, 4.69) is 45.0 Å². The van der Waals surface area contributed by atoms with E-state index in [1.54, 1.807) is 11.3 Å². The van der Waals surface area contributed by atoms with Crippen LogP contribution in [-0.4, -0.2) is 29.6 Å². The highest BCUT2D eigenvalue weighted by Gasteiger charge is 2.21. The lowest BCUT2D eigenvalue weighted by atomic mass is 9.99. The molecule has 1 atom stereocenters. The molecule has 1 aliphatic rings. The quantitative estimate of drug-likeness (QED) is 0.325. The van der Waals surface area contributed by atoms with Crippen molar-refractivity contribution in [3.63, 3.8) is 0 Å². The Morgan fingerprint density at radius 1 is 1.12 bits per heavy atom. The van der Waals surface area contributed by atoms with Crippen LogP contribution in [0.4, 0.5) is 0 Å². The van der Waals surface area contributed by atoms with Crippen LogP contribution in [-0.2, 0) is 0 Å². The second kappa shape index (κ2) is 7.49. The van der Waals surface area contributed by atoms with Crippen molar-refractivity contribution in [2.24, 2.45) is 0 Å². The van der Waals surface area contributed by atoms with Crippen LogP contribution in [0.5, 0.6) is 0 Å². The first-order valence-electron chi connectivity index (χ1n) is 8.44. The molecule has 2 aromatic carbocycles. The number of hydrogen-bond donors (Lipinski definition) is 1. The molecule has 2 heterocycles. The van der Waals surface area contributed by atoms with Gasteiger partial charge in [0.2, 0.25) is 0 Å². The topological polar surface area (TPSA) is 23.5 Å². The van der Waals surface area contributed by atoms with Crippen LogP contribution in [0.25, 0.3) is 20.9 Å². The van der Waals surface area contributed by atoms with Crippen molar-refractivity contribution in [1.82, 2.24) is 4.90 Å². The van der Waals surface area contributed by atoms with Gasteiger partial charge in [-0.25, -0.2) is 0 Å². The van der Waals surface area contributed by atoms with Gasteiger partial charge < -0.3 is 10.0 Å². The Kier molecular flexibility index (Phi) is 5.47. The molecule has 0 amide bonds. The molecule has 0 radical (unpaired) electrons. The van der Waals surface area contributed by atoms with E-state index in [1.165, 1.54) is 19.3 Å². The number of halogens is 3. The Morgan fingerprint density at radius 3 is 2.64 bits per heavy atom. The first-order chi connectivity index (χ1) is 12.1. The van der Waals surface area contributed by atoms with Gasteiger partial charge in [0.1, 0.15) is 0 Å². The third-order valence-corrected chi connectivity index (χ3v) is 8.37. The first-order valence-corrected chi connectivity index (χ1v) is 11.2. The highest BCUT2D eigenvalue weighted by Crippen LogP contribution is 2.42. The number of aliphatic hydroxyl groups is 1. The van der Waals surface area contributed by atoms with Gasteiger partial charge in [-0.15, -0.1) is 11.3 Å². The summed E-state index contributed by atoms with van der Waals surface area (Å²) >= 11 is 16.8. The van der Waals surface area contributed by atoms with Gasteiger partial charge in [0.15, 0.2) is 0 Å². The third kappa shape index (κ3) is 3.42. The molecular formula is C19H18Cl2INOS. The summed E-state index contributed by atoms with van der Waals surface area (Å²) in [6.45, 7) is 2.83. The molecule has 1 saturated heterocycles. The predicted molar refractivity (Wildman–Crippen MR) is 117 cm³/mol. The van der Waals surface area contributed by atoms with Crippen LogP contribution in [0.3, 0.4) is 0 Å². The van der Waals surface area contributed by atoms with Crippen LogP contribution >= 0.6 is 57.1 Å². The summed E-state index contributed by atoms with van der Waals surface area (Å²) in [5, 5.41) is 17.5. The monoisotopic (exact) mass is 505 g/mol.